The fourth-order valence-electron chi connectivity index (χ4n) is 2.68. The lowest BCUT2D eigenvalue weighted by Gasteiger charge is -2.30. The maximum Gasteiger partial charge on any atom is 0.276 e. The van der Waals surface area contributed by atoms with Crippen molar-refractivity contribution >= 4 is 23.2 Å². The van der Waals surface area contributed by atoms with Crippen LogP contribution in [0.2, 0.25) is 0 Å². The number of thiocarbonyl (C=S) groups is 1. The normalized spacial score (nSPS) is 20.4. The number of carbonyl (C=O) groups excluding carboxylic acids is 1. The van der Waals surface area contributed by atoms with Gasteiger partial charge in [-0.3, -0.25) is 15.6 Å². The van der Waals surface area contributed by atoms with E-state index in [9.17, 15) is 4.79 Å². The molecular weight excluding hydrogens is 310 g/mol. The van der Waals surface area contributed by atoms with Crippen molar-refractivity contribution in [3.8, 4) is 5.75 Å². The van der Waals surface area contributed by atoms with E-state index in [1.807, 2.05) is 31.2 Å². The number of benzene rings is 1. The fourth-order valence-corrected chi connectivity index (χ4v) is 2.88. The molecule has 0 radical (unpaired) electrons. The van der Waals surface area contributed by atoms with Gasteiger partial charge < -0.3 is 10.1 Å². The molecule has 2 rings (SSSR count). The van der Waals surface area contributed by atoms with E-state index >= 15 is 0 Å². The van der Waals surface area contributed by atoms with Crippen molar-refractivity contribution in [3.63, 3.8) is 0 Å². The predicted octanol–water partition coefficient (Wildman–Crippen LogP) is 2.45. The van der Waals surface area contributed by atoms with Crippen molar-refractivity contribution in [1.82, 2.24) is 16.2 Å². The summed E-state index contributed by atoms with van der Waals surface area (Å²) in [4.78, 5) is 11.8. The van der Waals surface area contributed by atoms with Crippen LogP contribution in [0.15, 0.2) is 24.3 Å². The van der Waals surface area contributed by atoms with Gasteiger partial charge in [0.2, 0.25) is 0 Å². The van der Waals surface area contributed by atoms with Gasteiger partial charge in [-0.2, -0.15) is 0 Å². The van der Waals surface area contributed by atoms with Crippen LogP contribution in [-0.4, -0.2) is 23.7 Å². The van der Waals surface area contributed by atoms with Crippen LogP contribution in [0.1, 0.15) is 38.2 Å². The molecule has 126 valence electrons. The second kappa shape index (κ2) is 8.72. The molecule has 0 aromatic heterocycles. The molecule has 1 aliphatic carbocycles. The van der Waals surface area contributed by atoms with Crippen LogP contribution >= 0.6 is 12.2 Å². The molecular formula is C17H25N3O2S. The number of amides is 1. The quantitative estimate of drug-likeness (QED) is 0.583. The van der Waals surface area contributed by atoms with Crippen LogP contribution in [0, 0.1) is 12.8 Å². The van der Waals surface area contributed by atoms with E-state index in [4.69, 9.17) is 17.0 Å². The molecule has 23 heavy (non-hydrogen) atoms. The van der Waals surface area contributed by atoms with Gasteiger partial charge in [-0.15, -0.1) is 0 Å². The first-order chi connectivity index (χ1) is 11.0. The largest absolute Gasteiger partial charge is 0.484 e. The van der Waals surface area contributed by atoms with Crippen molar-refractivity contribution in [1.29, 1.82) is 0 Å². The van der Waals surface area contributed by atoms with Crippen LogP contribution < -0.4 is 20.9 Å². The minimum Gasteiger partial charge on any atom is -0.484 e. The summed E-state index contributed by atoms with van der Waals surface area (Å²) in [5.74, 6) is 0.998. The summed E-state index contributed by atoms with van der Waals surface area (Å²) in [5, 5.41) is 3.72. The van der Waals surface area contributed by atoms with Crippen molar-refractivity contribution < 1.29 is 9.53 Å². The lowest BCUT2D eigenvalue weighted by Crippen LogP contribution is -2.52. The molecule has 5 nitrogen and oxygen atoms in total. The standard InChI is InChI=1S/C17H25N3O2S/c1-12-7-9-14(10-8-12)22-11-16(21)19-20-17(23)18-15-6-4-3-5-13(15)2/h7-10,13,15H,3-6,11H2,1-2H3,(H,19,21)(H2,18,20,23)/t13-,15-/m1/s1. The minimum absolute atomic E-state index is 0.0570. The maximum absolute atomic E-state index is 11.8. The third-order valence-corrected chi connectivity index (χ3v) is 4.35. The molecule has 1 aromatic rings. The molecule has 6 heteroatoms. The highest BCUT2D eigenvalue weighted by molar-refractivity contribution is 7.80. The summed E-state index contributed by atoms with van der Waals surface area (Å²) in [6, 6.07) is 7.94. The number of carbonyl (C=O) groups is 1. The Bertz CT molecular complexity index is 533. The van der Waals surface area contributed by atoms with Crippen LogP contribution in [-0.2, 0) is 4.79 Å². The zero-order valence-electron chi connectivity index (χ0n) is 13.7. The molecule has 0 aliphatic heterocycles. The van der Waals surface area contributed by atoms with Gasteiger partial charge in [-0.05, 0) is 50.0 Å². The molecule has 1 fully saturated rings. The number of aryl methyl sites for hydroxylation is 1. The number of hydrazine groups is 1. The first-order valence-electron chi connectivity index (χ1n) is 8.09. The Morgan fingerprint density at radius 1 is 1.22 bits per heavy atom. The number of ether oxygens (including phenoxy) is 1. The van der Waals surface area contributed by atoms with E-state index in [1.165, 1.54) is 19.3 Å². The summed E-state index contributed by atoms with van der Waals surface area (Å²) in [6.07, 6.45) is 4.85. The van der Waals surface area contributed by atoms with Crippen LogP contribution in [0.4, 0.5) is 0 Å². The third kappa shape index (κ3) is 6.06. The molecule has 1 saturated carbocycles. The topological polar surface area (TPSA) is 62.4 Å². The fraction of sp³-hybridized carbons (Fsp3) is 0.529. The summed E-state index contributed by atoms with van der Waals surface area (Å²) in [6.45, 7) is 4.17. The number of hydrogen-bond donors (Lipinski definition) is 3. The molecule has 0 heterocycles. The molecule has 1 amide bonds. The molecule has 3 N–H and O–H groups in total. The average molecular weight is 335 g/mol. The van der Waals surface area contributed by atoms with Crippen LogP contribution in [0.25, 0.3) is 0 Å². The Hall–Kier alpha value is -1.82. The lowest BCUT2D eigenvalue weighted by molar-refractivity contribution is -0.123. The molecule has 0 saturated heterocycles. The van der Waals surface area contributed by atoms with E-state index in [1.54, 1.807) is 0 Å². The zero-order chi connectivity index (χ0) is 16.7. The number of rotatable bonds is 4. The molecule has 0 bridgehead atoms. The van der Waals surface area contributed by atoms with Gasteiger partial charge in [0.15, 0.2) is 11.7 Å². The van der Waals surface area contributed by atoms with E-state index < -0.39 is 0 Å². The highest BCUT2D eigenvalue weighted by Crippen LogP contribution is 2.23. The first kappa shape index (κ1) is 17.5. The third-order valence-electron chi connectivity index (χ3n) is 4.13. The number of hydrogen-bond acceptors (Lipinski definition) is 3. The minimum atomic E-state index is -0.272. The van der Waals surface area contributed by atoms with E-state index in [2.05, 4.69) is 23.1 Å². The van der Waals surface area contributed by atoms with Crippen molar-refractivity contribution in [3.05, 3.63) is 29.8 Å². The SMILES string of the molecule is Cc1ccc(OCC(=O)NNC(=S)N[C@@H]2CCCC[C@H]2C)cc1. The molecule has 2 atom stereocenters. The first-order valence-corrected chi connectivity index (χ1v) is 8.50. The van der Waals surface area contributed by atoms with Gasteiger partial charge in [0.05, 0.1) is 0 Å². The maximum atomic E-state index is 11.8. The predicted molar refractivity (Wildman–Crippen MR) is 95.1 cm³/mol. The van der Waals surface area contributed by atoms with Gasteiger partial charge in [-0.25, -0.2) is 0 Å². The number of nitrogens with one attached hydrogen (secondary N) is 3. The van der Waals surface area contributed by atoms with E-state index in [0.29, 0.717) is 22.8 Å². The molecule has 1 aliphatic rings. The summed E-state index contributed by atoms with van der Waals surface area (Å²) < 4.78 is 5.41. The average Bonchev–Trinajstić information content (AvgIpc) is 2.54. The van der Waals surface area contributed by atoms with Gasteiger partial charge in [0.1, 0.15) is 5.75 Å². The Morgan fingerprint density at radius 3 is 2.61 bits per heavy atom. The Labute approximate surface area is 143 Å². The van der Waals surface area contributed by atoms with Crippen LogP contribution in [0.3, 0.4) is 0 Å². The second-order valence-corrected chi connectivity index (χ2v) is 6.52. The van der Waals surface area contributed by atoms with E-state index in [0.717, 1.165) is 12.0 Å². The van der Waals surface area contributed by atoms with Crippen molar-refractivity contribution in [2.45, 2.75) is 45.6 Å². The van der Waals surface area contributed by atoms with Gasteiger partial charge >= 0.3 is 0 Å². The Kier molecular flexibility index (Phi) is 6.65. The van der Waals surface area contributed by atoms with E-state index in [-0.39, 0.29) is 12.5 Å². The Morgan fingerprint density at radius 2 is 1.91 bits per heavy atom. The monoisotopic (exact) mass is 335 g/mol. The van der Waals surface area contributed by atoms with Crippen LogP contribution in [0.5, 0.6) is 5.75 Å². The second-order valence-electron chi connectivity index (χ2n) is 6.12. The molecule has 1 aromatic carbocycles. The summed E-state index contributed by atoms with van der Waals surface area (Å²) in [7, 11) is 0. The summed E-state index contributed by atoms with van der Waals surface area (Å²) in [5.41, 5.74) is 6.44. The van der Waals surface area contributed by atoms with Crippen molar-refractivity contribution in [2.24, 2.45) is 5.92 Å². The highest BCUT2D eigenvalue weighted by Gasteiger charge is 2.21. The highest BCUT2D eigenvalue weighted by atomic mass is 32.1. The zero-order valence-corrected chi connectivity index (χ0v) is 14.5. The molecule has 0 unspecified atom stereocenters. The molecule has 0 spiro atoms. The van der Waals surface area contributed by atoms with Crippen molar-refractivity contribution in [2.75, 3.05) is 6.61 Å². The smallest absolute Gasteiger partial charge is 0.276 e. The van der Waals surface area contributed by atoms with Gasteiger partial charge in [0.25, 0.3) is 5.91 Å². The summed E-state index contributed by atoms with van der Waals surface area (Å²) >= 11 is 5.22. The lowest BCUT2D eigenvalue weighted by atomic mass is 9.86. The van der Waals surface area contributed by atoms with Gasteiger partial charge in [-0.1, -0.05) is 37.5 Å². The Balaban J connectivity index is 1.65. The van der Waals surface area contributed by atoms with Gasteiger partial charge in [0, 0.05) is 6.04 Å².